The minimum Gasteiger partial charge on any atom is -0.337 e. The first-order valence-corrected chi connectivity index (χ1v) is 5.77. The SMILES string of the molecule is c1ccc(-n2cnc3cc4c(cc32)COO4)cc1. The molecule has 0 saturated heterocycles. The average Bonchev–Trinajstić information content (AvgIpc) is 3.02. The minimum absolute atomic E-state index is 0.491. The number of benzene rings is 2. The maximum Gasteiger partial charge on any atom is 0.173 e. The first-order chi connectivity index (χ1) is 8.92. The van der Waals surface area contributed by atoms with Gasteiger partial charge in [-0.2, -0.15) is 4.89 Å². The summed E-state index contributed by atoms with van der Waals surface area (Å²) in [7, 11) is 0. The lowest BCUT2D eigenvalue weighted by Gasteiger charge is -2.04. The Balaban J connectivity index is 1.98. The quantitative estimate of drug-likeness (QED) is 0.611. The fraction of sp³-hybridized carbons (Fsp3) is 0.0714. The smallest absolute Gasteiger partial charge is 0.173 e. The van der Waals surface area contributed by atoms with E-state index >= 15 is 0 Å². The van der Waals surface area contributed by atoms with Crippen LogP contribution in [0.1, 0.15) is 5.56 Å². The van der Waals surface area contributed by atoms with Crippen LogP contribution in [0, 0.1) is 0 Å². The van der Waals surface area contributed by atoms with Crippen LogP contribution in [0.15, 0.2) is 48.8 Å². The Labute approximate surface area is 103 Å². The Bertz CT molecular complexity index is 719. The molecule has 0 aliphatic carbocycles. The molecule has 0 saturated carbocycles. The molecule has 0 spiro atoms. The summed E-state index contributed by atoms with van der Waals surface area (Å²) in [5.41, 5.74) is 4.12. The second-order valence-corrected chi connectivity index (χ2v) is 4.24. The summed E-state index contributed by atoms with van der Waals surface area (Å²) in [6, 6.07) is 14.1. The largest absolute Gasteiger partial charge is 0.337 e. The van der Waals surface area contributed by atoms with Gasteiger partial charge in [0.25, 0.3) is 0 Å². The van der Waals surface area contributed by atoms with Crippen molar-refractivity contribution in [2.24, 2.45) is 0 Å². The molecule has 88 valence electrons. The van der Waals surface area contributed by atoms with E-state index in [4.69, 9.17) is 9.78 Å². The van der Waals surface area contributed by atoms with E-state index in [0.29, 0.717) is 6.61 Å². The highest BCUT2D eigenvalue weighted by Crippen LogP contribution is 2.31. The average molecular weight is 238 g/mol. The Kier molecular flexibility index (Phi) is 1.92. The van der Waals surface area contributed by atoms with Crippen LogP contribution in [0.4, 0.5) is 0 Å². The summed E-state index contributed by atoms with van der Waals surface area (Å²) in [6.07, 6.45) is 1.83. The first-order valence-electron chi connectivity index (χ1n) is 5.77. The molecule has 2 heterocycles. The van der Waals surface area contributed by atoms with Crippen molar-refractivity contribution < 1.29 is 9.78 Å². The molecule has 1 aliphatic rings. The molecule has 0 amide bonds. The fourth-order valence-electron chi connectivity index (χ4n) is 2.22. The molecule has 1 aromatic heterocycles. The normalized spacial score (nSPS) is 13.6. The molecule has 4 nitrogen and oxygen atoms in total. The molecule has 0 atom stereocenters. The van der Waals surface area contributed by atoms with Crippen molar-refractivity contribution in [2.45, 2.75) is 6.61 Å². The third-order valence-corrected chi connectivity index (χ3v) is 3.13. The fourth-order valence-corrected chi connectivity index (χ4v) is 2.22. The van der Waals surface area contributed by atoms with Crippen LogP contribution in [0.25, 0.3) is 16.7 Å². The standard InChI is InChI=1S/C14H10N2O2/c1-2-4-11(5-3-1)16-9-15-12-7-14-10(6-13(12)16)8-17-18-14/h1-7,9H,8H2. The molecule has 0 radical (unpaired) electrons. The van der Waals surface area contributed by atoms with Crippen LogP contribution < -0.4 is 4.89 Å². The lowest BCUT2D eigenvalue weighted by molar-refractivity contribution is -0.194. The van der Waals surface area contributed by atoms with Gasteiger partial charge in [0.2, 0.25) is 0 Å². The Hall–Kier alpha value is -2.33. The van der Waals surface area contributed by atoms with Gasteiger partial charge in [-0.05, 0) is 18.2 Å². The molecule has 3 aromatic rings. The zero-order valence-electron chi connectivity index (χ0n) is 9.54. The van der Waals surface area contributed by atoms with Gasteiger partial charge in [-0.3, -0.25) is 4.57 Å². The van der Waals surface area contributed by atoms with Crippen molar-refractivity contribution in [3.63, 3.8) is 0 Å². The van der Waals surface area contributed by atoms with Gasteiger partial charge in [0.05, 0.1) is 11.0 Å². The predicted octanol–water partition coefficient (Wildman–Crippen LogP) is 2.85. The second-order valence-electron chi connectivity index (χ2n) is 4.24. The lowest BCUT2D eigenvalue weighted by Crippen LogP contribution is -1.91. The van der Waals surface area contributed by atoms with Gasteiger partial charge in [-0.1, -0.05) is 18.2 Å². The predicted molar refractivity (Wildman–Crippen MR) is 66.5 cm³/mol. The van der Waals surface area contributed by atoms with E-state index in [1.165, 1.54) is 0 Å². The third-order valence-electron chi connectivity index (χ3n) is 3.13. The van der Waals surface area contributed by atoms with Crippen molar-refractivity contribution in [1.29, 1.82) is 0 Å². The van der Waals surface area contributed by atoms with E-state index in [-0.39, 0.29) is 0 Å². The number of hydrogen-bond donors (Lipinski definition) is 0. The van der Waals surface area contributed by atoms with E-state index in [9.17, 15) is 0 Å². The molecular formula is C14H10N2O2. The van der Waals surface area contributed by atoms with Gasteiger partial charge in [-0.25, -0.2) is 4.98 Å². The van der Waals surface area contributed by atoms with Crippen LogP contribution >= 0.6 is 0 Å². The highest BCUT2D eigenvalue weighted by atomic mass is 17.2. The molecule has 4 rings (SSSR count). The molecule has 1 aliphatic heterocycles. The van der Waals surface area contributed by atoms with Crippen molar-refractivity contribution in [2.75, 3.05) is 0 Å². The monoisotopic (exact) mass is 238 g/mol. The molecule has 2 aromatic carbocycles. The Morgan fingerprint density at radius 2 is 2.00 bits per heavy atom. The van der Waals surface area contributed by atoms with Crippen LogP contribution in [-0.2, 0) is 11.5 Å². The maximum atomic E-state index is 5.07. The molecule has 0 bridgehead atoms. The molecule has 0 unspecified atom stereocenters. The van der Waals surface area contributed by atoms with Gasteiger partial charge in [0.1, 0.15) is 12.9 Å². The van der Waals surface area contributed by atoms with Gasteiger partial charge in [-0.15, -0.1) is 0 Å². The molecule has 18 heavy (non-hydrogen) atoms. The second kappa shape index (κ2) is 3.58. The molecule has 0 fully saturated rings. The molecule has 0 N–H and O–H groups in total. The molecular weight excluding hydrogens is 228 g/mol. The van der Waals surface area contributed by atoms with E-state index in [0.717, 1.165) is 28.0 Å². The topological polar surface area (TPSA) is 36.3 Å². The number of para-hydroxylation sites is 1. The number of nitrogens with zero attached hydrogens (tertiary/aromatic N) is 2. The van der Waals surface area contributed by atoms with Crippen molar-refractivity contribution in [1.82, 2.24) is 9.55 Å². The Morgan fingerprint density at radius 3 is 2.89 bits per heavy atom. The van der Waals surface area contributed by atoms with Crippen molar-refractivity contribution in [3.05, 3.63) is 54.4 Å². The van der Waals surface area contributed by atoms with Gasteiger partial charge < -0.3 is 4.89 Å². The number of aromatic nitrogens is 2. The number of rotatable bonds is 1. The number of fused-ring (bicyclic) bond motifs is 2. The van der Waals surface area contributed by atoms with Gasteiger partial charge in [0.15, 0.2) is 5.75 Å². The number of imidazole rings is 1. The van der Waals surface area contributed by atoms with Crippen LogP contribution in [-0.4, -0.2) is 9.55 Å². The highest BCUT2D eigenvalue weighted by molar-refractivity contribution is 5.80. The van der Waals surface area contributed by atoms with Gasteiger partial charge in [0, 0.05) is 17.3 Å². The highest BCUT2D eigenvalue weighted by Gasteiger charge is 2.17. The first kappa shape index (κ1) is 9.67. The lowest BCUT2D eigenvalue weighted by atomic mass is 10.2. The third kappa shape index (κ3) is 1.33. The summed E-state index contributed by atoms with van der Waals surface area (Å²) >= 11 is 0. The van der Waals surface area contributed by atoms with Crippen LogP contribution in [0.3, 0.4) is 0 Å². The van der Waals surface area contributed by atoms with Crippen molar-refractivity contribution >= 4 is 11.0 Å². The zero-order valence-corrected chi connectivity index (χ0v) is 9.54. The van der Waals surface area contributed by atoms with Crippen molar-refractivity contribution in [3.8, 4) is 11.4 Å². The van der Waals surface area contributed by atoms with Crippen LogP contribution in [0.2, 0.25) is 0 Å². The molecule has 4 heteroatoms. The summed E-state index contributed by atoms with van der Waals surface area (Å²) in [6.45, 7) is 0.491. The van der Waals surface area contributed by atoms with E-state index in [1.807, 2.05) is 30.6 Å². The summed E-state index contributed by atoms with van der Waals surface area (Å²) in [5.74, 6) is 0.765. The van der Waals surface area contributed by atoms with Crippen LogP contribution in [0.5, 0.6) is 5.75 Å². The van der Waals surface area contributed by atoms with Gasteiger partial charge >= 0.3 is 0 Å². The zero-order chi connectivity index (χ0) is 11.9. The summed E-state index contributed by atoms with van der Waals surface area (Å²) in [5, 5.41) is 0. The van der Waals surface area contributed by atoms with E-state index < -0.39 is 0 Å². The Morgan fingerprint density at radius 1 is 1.11 bits per heavy atom. The maximum absolute atomic E-state index is 5.07. The minimum atomic E-state index is 0.491. The van der Waals surface area contributed by atoms with E-state index in [2.05, 4.69) is 27.8 Å². The number of hydrogen-bond acceptors (Lipinski definition) is 3. The van der Waals surface area contributed by atoms with E-state index in [1.54, 1.807) is 0 Å². The summed E-state index contributed by atoms with van der Waals surface area (Å²) in [4.78, 5) is 14.4. The summed E-state index contributed by atoms with van der Waals surface area (Å²) < 4.78 is 2.06.